The summed E-state index contributed by atoms with van der Waals surface area (Å²) in [6, 6.07) is 0. The molecule has 0 bridgehead atoms. The van der Waals surface area contributed by atoms with Crippen LogP contribution >= 0.6 is 58.1 Å². The fourth-order valence-electron chi connectivity index (χ4n) is 0.439. The molecule has 1 rings (SSSR count). The second-order valence-corrected chi connectivity index (χ2v) is 6.93. The van der Waals surface area contributed by atoms with Crippen LogP contribution in [0.25, 0.3) is 0 Å². The first-order valence-corrected chi connectivity index (χ1v) is 5.55. The third-order valence-corrected chi connectivity index (χ3v) is 2.88. The molecule has 0 saturated heterocycles. The number of aryl methyl sites for hydroxylation is 1. The van der Waals surface area contributed by atoms with Crippen molar-refractivity contribution in [1.82, 2.24) is 10.2 Å². The zero-order valence-electron chi connectivity index (χ0n) is 5.84. The van der Waals surface area contributed by atoms with E-state index in [4.69, 9.17) is 34.8 Å². The van der Waals surface area contributed by atoms with Crippen LogP contribution in [0, 0.1) is 6.92 Å². The summed E-state index contributed by atoms with van der Waals surface area (Å²) in [6.07, 6.45) is 0. The average Bonchev–Trinajstić information content (AvgIpc) is 2.30. The van der Waals surface area contributed by atoms with Gasteiger partial charge in [-0.05, 0) is 6.92 Å². The lowest BCUT2D eigenvalue weighted by Crippen LogP contribution is -1.99. The highest BCUT2D eigenvalue weighted by Gasteiger charge is 2.21. The Morgan fingerprint density at radius 3 is 2.50 bits per heavy atom. The van der Waals surface area contributed by atoms with E-state index < -0.39 is 3.12 Å². The second kappa shape index (κ2) is 4.19. The molecular formula is C4H4Cl3N3S2. The molecule has 0 spiro atoms. The molecule has 1 aromatic rings. The van der Waals surface area contributed by atoms with Crippen molar-refractivity contribution in [2.24, 2.45) is 0 Å². The Morgan fingerprint density at radius 1 is 1.42 bits per heavy atom. The average molecular weight is 265 g/mol. The van der Waals surface area contributed by atoms with Crippen LogP contribution in [0.4, 0.5) is 5.13 Å². The quantitative estimate of drug-likeness (QED) is 0.657. The summed E-state index contributed by atoms with van der Waals surface area (Å²) < 4.78 is 1.40. The van der Waals surface area contributed by atoms with Crippen molar-refractivity contribution in [1.29, 1.82) is 0 Å². The van der Waals surface area contributed by atoms with Crippen LogP contribution in [-0.4, -0.2) is 13.3 Å². The smallest absolute Gasteiger partial charge is 0.256 e. The molecule has 12 heavy (non-hydrogen) atoms. The molecule has 0 aliphatic rings. The number of halogens is 3. The zero-order valence-corrected chi connectivity index (χ0v) is 9.75. The highest BCUT2D eigenvalue weighted by atomic mass is 35.6. The Balaban J connectivity index is 2.44. The van der Waals surface area contributed by atoms with Crippen LogP contribution < -0.4 is 4.72 Å². The van der Waals surface area contributed by atoms with E-state index in [0.29, 0.717) is 5.13 Å². The minimum atomic E-state index is -1.38. The molecular weight excluding hydrogens is 261 g/mol. The van der Waals surface area contributed by atoms with Gasteiger partial charge < -0.3 is 4.72 Å². The van der Waals surface area contributed by atoms with Gasteiger partial charge in [0.25, 0.3) is 3.12 Å². The number of hydrogen-bond donors (Lipinski definition) is 1. The Morgan fingerprint density at radius 2 is 2.08 bits per heavy atom. The minimum Gasteiger partial charge on any atom is -0.301 e. The van der Waals surface area contributed by atoms with Crippen LogP contribution in [0.1, 0.15) is 5.01 Å². The molecule has 0 amide bonds. The van der Waals surface area contributed by atoms with Crippen LogP contribution in [0.3, 0.4) is 0 Å². The maximum absolute atomic E-state index is 5.48. The standard InChI is InChI=1S/C4H4Cl3N3S2/c1-2-8-9-3(11-2)10-12-4(5,6)7/h1H3,(H,9,10). The van der Waals surface area contributed by atoms with Crippen molar-refractivity contribution in [3.8, 4) is 0 Å². The van der Waals surface area contributed by atoms with Crippen molar-refractivity contribution in [3.05, 3.63) is 5.01 Å². The van der Waals surface area contributed by atoms with Gasteiger partial charge in [0.2, 0.25) is 5.13 Å². The van der Waals surface area contributed by atoms with Gasteiger partial charge in [-0.25, -0.2) is 0 Å². The van der Waals surface area contributed by atoms with E-state index in [1.54, 1.807) is 0 Å². The molecule has 3 nitrogen and oxygen atoms in total. The lowest BCUT2D eigenvalue weighted by atomic mass is 10.9. The number of rotatable bonds is 2. The van der Waals surface area contributed by atoms with Crippen LogP contribution in [0.15, 0.2) is 0 Å². The lowest BCUT2D eigenvalue weighted by molar-refractivity contribution is 1.06. The maximum atomic E-state index is 5.48. The molecule has 0 aliphatic heterocycles. The SMILES string of the molecule is Cc1nnc(NSC(Cl)(Cl)Cl)s1. The fraction of sp³-hybridized carbons (Fsp3) is 0.500. The molecule has 1 N–H and O–H groups in total. The fourth-order valence-corrected chi connectivity index (χ4v) is 1.77. The topological polar surface area (TPSA) is 37.8 Å². The van der Waals surface area contributed by atoms with Gasteiger partial charge in [-0.1, -0.05) is 46.1 Å². The lowest BCUT2D eigenvalue weighted by Gasteiger charge is -2.08. The van der Waals surface area contributed by atoms with Crippen LogP contribution in [0.2, 0.25) is 0 Å². The van der Waals surface area contributed by atoms with Gasteiger partial charge in [0.05, 0.1) is 0 Å². The molecule has 68 valence electrons. The van der Waals surface area contributed by atoms with E-state index in [2.05, 4.69) is 14.9 Å². The number of nitrogens with zero attached hydrogens (tertiary/aromatic N) is 2. The van der Waals surface area contributed by atoms with Gasteiger partial charge in [-0.3, -0.25) is 0 Å². The van der Waals surface area contributed by atoms with Crippen LogP contribution in [0.5, 0.6) is 0 Å². The summed E-state index contributed by atoms with van der Waals surface area (Å²) in [7, 11) is 0. The molecule has 0 aliphatic carbocycles. The number of alkyl halides is 3. The van der Waals surface area contributed by atoms with Crippen molar-refractivity contribution in [2.75, 3.05) is 4.72 Å². The number of anilines is 1. The molecule has 1 aromatic heterocycles. The van der Waals surface area contributed by atoms with Gasteiger partial charge in [0, 0.05) is 11.9 Å². The zero-order chi connectivity index (χ0) is 9.19. The van der Waals surface area contributed by atoms with Crippen LogP contribution in [-0.2, 0) is 0 Å². The van der Waals surface area contributed by atoms with Gasteiger partial charge >= 0.3 is 0 Å². The van der Waals surface area contributed by atoms with Crippen molar-refractivity contribution in [3.63, 3.8) is 0 Å². The first-order valence-electron chi connectivity index (χ1n) is 2.78. The van der Waals surface area contributed by atoms with E-state index in [-0.39, 0.29) is 0 Å². The predicted octanol–water partition coefficient (Wildman–Crippen LogP) is 3.23. The summed E-state index contributed by atoms with van der Waals surface area (Å²) in [5.74, 6) is 0. The normalized spacial score (nSPS) is 11.7. The summed E-state index contributed by atoms with van der Waals surface area (Å²) in [4.78, 5) is 0. The highest BCUT2D eigenvalue weighted by molar-refractivity contribution is 8.06. The van der Waals surface area contributed by atoms with Gasteiger partial charge in [0.1, 0.15) is 5.01 Å². The molecule has 1 heterocycles. The molecule has 0 unspecified atom stereocenters. The molecule has 0 aromatic carbocycles. The van der Waals surface area contributed by atoms with Crippen molar-refractivity contribution < 1.29 is 0 Å². The number of aromatic nitrogens is 2. The molecule has 0 saturated carbocycles. The Bertz CT molecular complexity index is 258. The Labute approximate surface area is 92.9 Å². The Kier molecular flexibility index (Phi) is 3.73. The summed E-state index contributed by atoms with van der Waals surface area (Å²) >= 11 is 18.8. The second-order valence-electron chi connectivity index (χ2n) is 1.78. The largest absolute Gasteiger partial charge is 0.301 e. The van der Waals surface area contributed by atoms with Gasteiger partial charge in [-0.15, -0.1) is 10.2 Å². The molecule has 0 fully saturated rings. The minimum absolute atomic E-state index is 0.629. The first kappa shape index (κ1) is 10.7. The van der Waals surface area contributed by atoms with E-state index in [0.717, 1.165) is 17.0 Å². The highest BCUT2D eigenvalue weighted by Crippen LogP contribution is 2.39. The maximum Gasteiger partial charge on any atom is 0.256 e. The van der Waals surface area contributed by atoms with E-state index in [1.165, 1.54) is 11.3 Å². The third kappa shape index (κ3) is 4.00. The molecule has 0 atom stereocenters. The van der Waals surface area contributed by atoms with E-state index in [1.807, 2.05) is 6.92 Å². The monoisotopic (exact) mass is 263 g/mol. The third-order valence-electron chi connectivity index (χ3n) is 0.780. The first-order chi connectivity index (χ1) is 5.47. The van der Waals surface area contributed by atoms with Gasteiger partial charge in [-0.2, -0.15) is 0 Å². The number of nitrogens with one attached hydrogen (secondary N) is 1. The number of hydrogen-bond acceptors (Lipinski definition) is 5. The Hall–Kier alpha value is 0.580. The summed E-state index contributed by atoms with van der Waals surface area (Å²) in [5.41, 5.74) is 0. The van der Waals surface area contributed by atoms with E-state index in [9.17, 15) is 0 Å². The summed E-state index contributed by atoms with van der Waals surface area (Å²) in [6.45, 7) is 1.85. The molecule has 8 heteroatoms. The molecule has 0 radical (unpaired) electrons. The summed E-state index contributed by atoms with van der Waals surface area (Å²) in [5, 5.41) is 9.05. The van der Waals surface area contributed by atoms with E-state index >= 15 is 0 Å². The predicted molar refractivity (Wildman–Crippen MR) is 56.1 cm³/mol. The van der Waals surface area contributed by atoms with Gasteiger partial charge in [0.15, 0.2) is 0 Å². The van der Waals surface area contributed by atoms with Crippen molar-refractivity contribution >= 4 is 63.2 Å². The van der Waals surface area contributed by atoms with Crippen molar-refractivity contribution in [2.45, 2.75) is 10.0 Å².